The lowest BCUT2D eigenvalue weighted by atomic mass is 10.1. The van der Waals surface area contributed by atoms with Crippen LogP contribution in [0.2, 0.25) is 0 Å². The smallest absolute Gasteiger partial charge is 0.244 e. The maximum Gasteiger partial charge on any atom is 0.244 e. The summed E-state index contributed by atoms with van der Waals surface area (Å²) in [6.07, 6.45) is 6.35. The number of rotatable bonds is 4. The zero-order valence-electron chi connectivity index (χ0n) is 9.10. The lowest BCUT2D eigenvalue weighted by Gasteiger charge is -2.19. The SMILES string of the molecule is C=N/C(=C\C=C/C)C(N)(F)c1ccccn1. The van der Waals surface area contributed by atoms with E-state index in [1.54, 1.807) is 24.3 Å². The largest absolute Gasteiger partial charge is 0.289 e. The molecule has 0 amide bonds. The van der Waals surface area contributed by atoms with E-state index in [1.807, 2.05) is 6.92 Å². The van der Waals surface area contributed by atoms with E-state index in [0.717, 1.165) is 0 Å². The first-order valence-electron chi connectivity index (χ1n) is 4.82. The van der Waals surface area contributed by atoms with Gasteiger partial charge in [0.1, 0.15) is 0 Å². The second-order valence-corrected chi connectivity index (χ2v) is 3.16. The molecule has 2 N–H and O–H groups in total. The summed E-state index contributed by atoms with van der Waals surface area (Å²) in [7, 11) is 0. The van der Waals surface area contributed by atoms with E-state index < -0.39 is 5.79 Å². The van der Waals surface area contributed by atoms with Crippen LogP contribution >= 0.6 is 0 Å². The van der Waals surface area contributed by atoms with Crippen molar-refractivity contribution < 1.29 is 4.39 Å². The van der Waals surface area contributed by atoms with Gasteiger partial charge < -0.3 is 0 Å². The van der Waals surface area contributed by atoms with E-state index in [4.69, 9.17) is 5.73 Å². The first-order valence-corrected chi connectivity index (χ1v) is 4.82. The van der Waals surface area contributed by atoms with Crippen LogP contribution in [-0.2, 0) is 5.79 Å². The number of hydrogen-bond donors (Lipinski definition) is 1. The number of aliphatic imine (C=N–C) groups is 1. The number of nitrogens with zero attached hydrogens (tertiary/aromatic N) is 2. The Bertz CT molecular complexity index is 408. The van der Waals surface area contributed by atoms with Crippen molar-refractivity contribution in [2.45, 2.75) is 12.7 Å². The fourth-order valence-electron chi connectivity index (χ4n) is 1.19. The quantitative estimate of drug-likeness (QED) is 0.480. The topological polar surface area (TPSA) is 51.3 Å². The van der Waals surface area contributed by atoms with Gasteiger partial charge in [0.15, 0.2) is 0 Å². The van der Waals surface area contributed by atoms with Crippen LogP contribution in [-0.4, -0.2) is 11.7 Å². The van der Waals surface area contributed by atoms with Gasteiger partial charge in [0.25, 0.3) is 0 Å². The minimum absolute atomic E-state index is 0.0318. The highest BCUT2D eigenvalue weighted by Crippen LogP contribution is 2.27. The number of halogens is 1. The summed E-state index contributed by atoms with van der Waals surface area (Å²) in [5.74, 6) is -2.22. The van der Waals surface area contributed by atoms with Crippen LogP contribution in [0, 0.1) is 0 Å². The van der Waals surface area contributed by atoms with Crippen molar-refractivity contribution in [1.29, 1.82) is 0 Å². The third kappa shape index (κ3) is 2.61. The first kappa shape index (κ1) is 12.3. The Labute approximate surface area is 94.2 Å². The third-order valence-electron chi connectivity index (χ3n) is 2.03. The second kappa shape index (κ2) is 5.32. The molecule has 1 aromatic rings. The number of nitrogens with two attached hydrogens (primary N) is 1. The Balaban J connectivity index is 3.13. The number of aromatic nitrogens is 1. The van der Waals surface area contributed by atoms with Crippen molar-refractivity contribution in [1.82, 2.24) is 4.98 Å². The maximum absolute atomic E-state index is 14.3. The molecule has 1 rings (SSSR count). The van der Waals surface area contributed by atoms with E-state index in [2.05, 4.69) is 16.7 Å². The van der Waals surface area contributed by atoms with Crippen molar-refractivity contribution in [3.05, 3.63) is 54.0 Å². The van der Waals surface area contributed by atoms with Gasteiger partial charge in [-0.1, -0.05) is 18.2 Å². The maximum atomic E-state index is 14.3. The van der Waals surface area contributed by atoms with E-state index in [9.17, 15) is 4.39 Å². The Morgan fingerprint density at radius 2 is 2.38 bits per heavy atom. The van der Waals surface area contributed by atoms with Crippen LogP contribution < -0.4 is 5.73 Å². The molecule has 0 spiro atoms. The van der Waals surface area contributed by atoms with E-state index in [-0.39, 0.29) is 11.4 Å². The summed E-state index contributed by atoms with van der Waals surface area (Å²) in [5.41, 5.74) is 5.71. The van der Waals surface area contributed by atoms with Gasteiger partial charge in [-0.15, -0.1) is 0 Å². The fourth-order valence-corrected chi connectivity index (χ4v) is 1.19. The van der Waals surface area contributed by atoms with Crippen LogP contribution in [0.4, 0.5) is 4.39 Å². The highest BCUT2D eigenvalue weighted by molar-refractivity contribution is 5.36. The molecule has 0 aliphatic heterocycles. The zero-order chi connectivity index (χ0) is 12.0. The average molecular weight is 219 g/mol. The lowest BCUT2D eigenvalue weighted by molar-refractivity contribution is 0.217. The number of alkyl halides is 1. The van der Waals surface area contributed by atoms with Crippen molar-refractivity contribution in [3.8, 4) is 0 Å². The summed E-state index contributed by atoms with van der Waals surface area (Å²) >= 11 is 0. The molecular weight excluding hydrogens is 205 g/mol. The van der Waals surface area contributed by atoms with Crippen LogP contribution in [0.5, 0.6) is 0 Å². The van der Waals surface area contributed by atoms with E-state index >= 15 is 0 Å². The molecule has 0 aliphatic carbocycles. The summed E-state index contributed by atoms with van der Waals surface area (Å²) in [4.78, 5) is 7.47. The third-order valence-corrected chi connectivity index (χ3v) is 2.03. The molecule has 1 aromatic heterocycles. The van der Waals surface area contributed by atoms with Crippen LogP contribution in [0.25, 0.3) is 0 Å². The standard InChI is InChI=1S/C12H14FN3/c1-3-4-7-10(15-2)12(13,14)11-8-5-6-9-16-11/h3-9H,2,14H2,1H3/b4-3-,10-7-. The molecular formula is C12H14FN3. The van der Waals surface area contributed by atoms with Gasteiger partial charge in [0, 0.05) is 6.20 Å². The summed E-state index contributed by atoms with van der Waals surface area (Å²) in [6.45, 7) is 5.12. The summed E-state index contributed by atoms with van der Waals surface area (Å²) in [5, 5.41) is 0. The Morgan fingerprint density at radius 3 is 2.88 bits per heavy atom. The average Bonchev–Trinajstić information content (AvgIpc) is 2.31. The van der Waals surface area contributed by atoms with E-state index in [0.29, 0.717) is 0 Å². The molecule has 0 bridgehead atoms. The van der Waals surface area contributed by atoms with E-state index in [1.165, 1.54) is 18.3 Å². The van der Waals surface area contributed by atoms with Gasteiger partial charge in [-0.05, 0) is 31.9 Å². The molecule has 1 heterocycles. The second-order valence-electron chi connectivity index (χ2n) is 3.16. The lowest BCUT2D eigenvalue weighted by Crippen LogP contribution is -2.34. The summed E-state index contributed by atoms with van der Waals surface area (Å²) < 4.78 is 14.3. The van der Waals surface area contributed by atoms with Crippen molar-refractivity contribution in [2.24, 2.45) is 10.7 Å². The van der Waals surface area contributed by atoms with Crippen molar-refractivity contribution in [3.63, 3.8) is 0 Å². The zero-order valence-corrected chi connectivity index (χ0v) is 9.10. The molecule has 84 valence electrons. The van der Waals surface area contributed by atoms with Crippen LogP contribution in [0.3, 0.4) is 0 Å². The Morgan fingerprint density at radius 1 is 1.62 bits per heavy atom. The van der Waals surface area contributed by atoms with Crippen LogP contribution in [0.15, 0.2) is 53.3 Å². The molecule has 0 saturated heterocycles. The fraction of sp³-hybridized carbons (Fsp3) is 0.167. The number of hydrogen-bond acceptors (Lipinski definition) is 3. The molecule has 16 heavy (non-hydrogen) atoms. The van der Waals surface area contributed by atoms with Gasteiger partial charge >= 0.3 is 0 Å². The van der Waals surface area contributed by atoms with Gasteiger partial charge in [0.2, 0.25) is 5.79 Å². The minimum atomic E-state index is -2.22. The van der Waals surface area contributed by atoms with Crippen LogP contribution in [0.1, 0.15) is 12.6 Å². The van der Waals surface area contributed by atoms with Crippen molar-refractivity contribution >= 4 is 6.72 Å². The molecule has 1 atom stereocenters. The normalized spacial score (nSPS) is 16.1. The van der Waals surface area contributed by atoms with Gasteiger partial charge in [0.05, 0.1) is 11.4 Å². The highest BCUT2D eigenvalue weighted by atomic mass is 19.1. The highest BCUT2D eigenvalue weighted by Gasteiger charge is 2.32. The molecule has 4 heteroatoms. The monoisotopic (exact) mass is 219 g/mol. The molecule has 0 saturated carbocycles. The van der Waals surface area contributed by atoms with Crippen molar-refractivity contribution in [2.75, 3.05) is 0 Å². The number of pyridine rings is 1. The van der Waals surface area contributed by atoms with Gasteiger partial charge in [-0.25, -0.2) is 4.39 Å². The first-order chi connectivity index (χ1) is 7.62. The molecule has 0 radical (unpaired) electrons. The van der Waals surface area contributed by atoms with Gasteiger partial charge in [-0.2, -0.15) is 0 Å². The Kier molecular flexibility index (Phi) is 4.08. The predicted molar refractivity (Wildman–Crippen MR) is 63.7 cm³/mol. The number of allylic oxidation sites excluding steroid dienone is 3. The molecule has 0 aliphatic rings. The predicted octanol–water partition coefficient (Wildman–Crippen LogP) is 2.32. The molecule has 3 nitrogen and oxygen atoms in total. The molecule has 0 fully saturated rings. The molecule has 1 unspecified atom stereocenters. The minimum Gasteiger partial charge on any atom is -0.289 e. The molecule has 0 aromatic carbocycles. The van der Waals surface area contributed by atoms with Gasteiger partial charge in [-0.3, -0.25) is 15.7 Å². The summed E-state index contributed by atoms with van der Waals surface area (Å²) in [6, 6.07) is 4.87. The Hall–Kier alpha value is -1.81.